The molecule has 4 atom stereocenters. The molecule has 0 aromatic rings. The van der Waals surface area contributed by atoms with Gasteiger partial charge in [-0.1, -0.05) is 27.7 Å². The van der Waals surface area contributed by atoms with Crippen LogP contribution in [0.3, 0.4) is 0 Å². The number of piperidine rings is 1. The summed E-state index contributed by atoms with van der Waals surface area (Å²) in [5.41, 5.74) is 0.478. The van der Waals surface area contributed by atoms with Crippen molar-refractivity contribution in [2.75, 3.05) is 19.6 Å². The second-order valence-electron chi connectivity index (χ2n) is 8.19. The molecule has 2 heteroatoms. The van der Waals surface area contributed by atoms with Crippen LogP contribution in [0.1, 0.15) is 66.7 Å². The van der Waals surface area contributed by atoms with Gasteiger partial charge in [-0.3, -0.25) is 0 Å². The smallest absolute Gasteiger partial charge is 0.0159 e. The zero-order chi connectivity index (χ0) is 14.8. The van der Waals surface area contributed by atoms with Crippen molar-refractivity contribution < 1.29 is 0 Å². The first-order valence-electron chi connectivity index (χ1n) is 8.91. The average molecular weight is 280 g/mol. The molecule has 2 aliphatic rings. The van der Waals surface area contributed by atoms with E-state index in [-0.39, 0.29) is 0 Å². The predicted octanol–water partition coefficient (Wildman–Crippen LogP) is 3.91. The van der Waals surface area contributed by atoms with E-state index >= 15 is 0 Å². The molecule has 2 fully saturated rings. The lowest BCUT2D eigenvalue weighted by molar-refractivity contribution is 0.0975. The highest BCUT2D eigenvalue weighted by atomic mass is 15.2. The summed E-state index contributed by atoms with van der Waals surface area (Å²) in [5, 5.41) is 3.86. The van der Waals surface area contributed by atoms with E-state index in [9.17, 15) is 0 Å². The summed E-state index contributed by atoms with van der Waals surface area (Å²) >= 11 is 0. The van der Waals surface area contributed by atoms with Crippen LogP contribution in [0.5, 0.6) is 0 Å². The van der Waals surface area contributed by atoms with Crippen molar-refractivity contribution in [1.82, 2.24) is 10.2 Å². The quantitative estimate of drug-likeness (QED) is 0.821. The molecule has 0 spiro atoms. The van der Waals surface area contributed by atoms with Gasteiger partial charge in [-0.05, 0) is 69.4 Å². The maximum Gasteiger partial charge on any atom is 0.0159 e. The second kappa shape index (κ2) is 6.79. The van der Waals surface area contributed by atoms with Gasteiger partial charge in [-0.2, -0.15) is 0 Å². The molecular weight excluding hydrogens is 244 g/mol. The Morgan fingerprint density at radius 3 is 2.60 bits per heavy atom. The third kappa shape index (κ3) is 3.76. The van der Waals surface area contributed by atoms with Crippen LogP contribution in [0, 0.1) is 17.3 Å². The fourth-order valence-corrected chi connectivity index (χ4v) is 4.49. The molecule has 1 aliphatic carbocycles. The van der Waals surface area contributed by atoms with Crippen molar-refractivity contribution in [3.8, 4) is 0 Å². The Morgan fingerprint density at radius 1 is 1.20 bits per heavy atom. The fourth-order valence-electron chi connectivity index (χ4n) is 4.49. The number of nitrogens with one attached hydrogen (secondary N) is 1. The Kier molecular flexibility index (Phi) is 5.53. The van der Waals surface area contributed by atoms with Gasteiger partial charge in [-0.25, -0.2) is 0 Å². The van der Waals surface area contributed by atoms with Crippen LogP contribution in [0.25, 0.3) is 0 Å². The van der Waals surface area contributed by atoms with Crippen LogP contribution in [-0.2, 0) is 0 Å². The van der Waals surface area contributed by atoms with Gasteiger partial charge >= 0.3 is 0 Å². The zero-order valence-electron chi connectivity index (χ0n) is 14.4. The lowest BCUT2D eigenvalue weighted by Gasteiger charge is -2.40. The van der Waals surface area contributed by atoms with Crippen LogP contribution in [0.2, 0.25) is 0 Å². The third-order valence-corrected chi connectivity index (χ3v) is 5.83. The number of hydrogen-bond acceptors (Lipinski definition) is 2. The molecule has 0 amide bonds. The summed E-state index contributed by atoms with van der Waals surface area (Å²) in [6.07, 6.45) is 6.83. The van der Waals surface area contributed by atoms with Crippen LogP contribution in [0.4, 0.5) is 0 Å². The highest BCUT2D eigenvalue weighted by Gasteiger charge is 2.42. The van der Waals surface area contributed by atoms with Gasteiger partial charge in [0.25, 0.3) is 0 Å². The van der Waals surface area contributed by atoms with Gasteiger partial charge in [0.05, 0.1) is 0 Å². The monoisotopic (exact) mass is 280 g/mol. The van der Waals surface area contributed by atoms with Gasteiger partial charge in [0, 0.05) is 18.6 Å². The van der Waals surface area contributed by atoms with Crippen LogP contribution >= 0.6 is 0 Å². The average Bonchev–Trinajstić information content (AvgIpc) is 2.65. The molecule has 118 valence electrons. The minimum atomic E-state index is 0.478. The molecular formula is C18H36N2. The lowest BCUT2D eigenvalue weighted by Crippen LogP contribution is -2.49. The van der Waals surface area contributed by atoms with Crippen molar-refractivity contribution >= 4 is 0 Å². The van der Waals surface area contributed by atoms with Gasteiger partial charge in [0.2, 0.25) is 0 Å². The summed E-state index contributed by atoms with van der Waals surface area (Å²) in [6, 6.07) is 1.50. The first kappa shape index (κ1) is 16.3. The van der Waals surface area contributed by atoms with E-state index in [4.69, 9.17) is 0 Å². The number of hydrogen-bond donors (Lipinski definition) is 1. The SMILES string of the molecule is CCCNC1C(CN2CCC(C)CC2C)CCC1(C)C. The van der Waals surface area contributed by atoms with E-state index in [1.54, 1.807) is 0 Å². The van der Waals surface area contributed by atoms with E-state index in [1.165, 1.54) is 51.7 Å². The lowest BCUT2D eigenvalue weighted by atomic mass is 9.84. The van der Waals surface area contributed by atoms with Crippen LogP contribution in [-0.4, -0.2) is 36.6 Å². The van der Waals surface area contributed by atoms with Crippen molar-refractivity contribution in [2.24, 2.45) is 17.3 Å². The topological polar surface area (TPSA) is 15.3 Å². The Hall–Kier alpha value is -0.0800. The largest absolute Gasteiger partial charge is 0.313 e. The molecule has 0 aromatic heterocycles. The highest BCUT2D eigenvalue weighted by molar-refractivity contribution is 4.97. The Bertz CT molecular complexity index is 300. The maximum atomic E-state index is 3.86. The second-order valence-corrected chi connectivity index (χ2v) is 8.19. The molecule has 0 radical (unpaired) electrons. The van der Waals surface area contributed by atoms with E-state index in [0.717, 1.165) is 17.9 Å². The Morgan fingerprint density at radius 2 is 1.95 bits per heavy atom. The maximum absolute atomic E-state index is 3.86. The minimum absolute atomic E-state index is 0.478. The standard InChI is InChI=1S/C18H36N2/c1-6-10-19-17-16(7-9-18(17,4)5)13-20-11-8-14(2)12-15(20)3/h14-17,19H,6-13H2,1-5H3. The molecule has 1 aliphatic heterocycles. The molecule has 0 bridgehead atoms. The summed E-state index contributed by atoms with van der Waals surface area (Å²) < 4.78 is 0. The van der Waals surface area contributed by atoms with Gasteiger partial charge < -0.3 is 10.2 Å². The highest BCUT2D eigenvalue weighted by Crippen LogP contribution is 2.42. The molecule has 1 N–H and O–H groups in total. The molecule has 2 rings (SSSR count). The van der Waals surface area contributed by atoms with Gasteiger partial charge in [0.1, 0.15) is 0 Å². The van der Waals surface area contributed by atoms with Crippen molar-refractivity contribution in [1.29, 1.82) is 0 Å². The molecule has 2 nitrogen and oxygen atoms in total. The summed E-state index contributed by atoms with van der Waals surface area (Å²) in [7, 11) is 0. The first-order valence-corrected chi connectivity index (χ1v) is 8.91. The van der Waals surface area contributed by atoms with Crippen LogP contribution in [0.15, 0.2) is 0 Å². The first-order chi connectivity index (χ1) is 9.44. The molecule has 0 aromatic carbocycles. The summed E-state index contributed by atoms with van der Waals surface area (Å²) in [6.45, 7) is 15.9. The molecule has 1 saturated carbocycles. The predicted molar refractivity (Wildman–Crippen MR) is 88.0 cm³/mol. The Labute approximate surface area is 126 Å². The van der Waals surface area contributed by atoms with Crippen molar-refractivity contribution in [3.05, 3.63) is 0 Å². The molecule has 4 unspecified atom stereocenters. The number of nitrogens with zero attached hydrogens (tertiary/aromatic N) is 1. The Balaban J connectivity index is 1.93. The number of likely N-dealkylation sites (tertiary alicyclic amines) is 1. The van der Waals surface area contributed by atoms with E-state index < -0.39 is 0 Å². The number of rotatable bonds is 5. The molecule has 1 heterocycles. The van der Waals surface area contributed by atoms with Crippen molar-refractivity contribution in [3.63, 3.8) is 0 Å². The van der Waals surface area contributed by atoms with Crippen LogP contribution < -0.4 is 5.32 Å². The van der Waals surface area contributed by atoms with E-state index in [0.29, 0.717) is 11.5 Å². The van der Waals surface area contributed by atoms with E-state index in [1.807, 2.05) is 0 Å². The minimum Gasteiger partial charge on any atom is -0.313 e. The summed E-state index contributed by atoms with van der Waals surface area (Å²) in [5.74, 6) is 1.78. The fraction of sp³-hybridized carbons (Fsp3) is 1.00. The zero-order valence-corrected chi connectivity index (χ0v) is 14.4. The molecule has 20 heavy (non-hydrogen) atoms. The molecule has 1 saturated heterocycles. The third-order valence-electron chi connectivity index (χ3n) is 5.83. The van der Waals surface area contributed by atoms with E-state index in [2.05, 4.69) is 44.8 Å². The summed E-state index contributed by atoms with van der Waals surface area (Å²) in [4.78, 5) is 2.77. The van der Waals surface area contributed by atoms with Gasteiger partial charge in [0.15, 0.2) is 0 Å². The van der Waals surface area contributed by atoms with Crippen molar-refractivity contribution in [2.45, 2.75) is 78.8 Å². The van der Waals surface area contributed by atoms with Gasteiger partial charge in [-0.15, -0.1) is 0 Å². The normalized spacial score (nSPS) is 38.2.